The summed E-state index contributed by atoms with van der Waals surface area (Å²) in [5, 5.41) is 14.3. The molecule has 0 radical (unpaired) electrons. The minimum absolute atomic E-state index is 0.320. The summed E-state index contributed by atoms with van der Waals surface area (Å²) in [6, 6.07) is 9.87. The van der Waals surface area contributed by atoms with Crippen molar-refractivity contribution in [1.82, 2.24) is 15.0 Å². The highest BCUT2D eigenvalue weighted by molar-refractivity contribution is 5.33. The van der Waals surface area contributed by atoms with Gasteiger partial charge in [0.05, 0.1) is 5.69 Å². The molecule has 1 fully saturated rings. The van der Waals surface area contributed by atoms with Crippen LogP contribution in [-0.4, -0.2) is 59.5 Å². The first-order chi connectivity index (χ1) is 12.7. The predicted octanol–water partition coefficient (Wildman–Crippen LogP) is 2.53. The molecular weight excluding hydrogens is 330 g/mol. The molecular formula is C20H29N3O3. The van der Waals surface area contributed by atoms with Crippen molar-refractivity contribution in [1.29, 1.82) is 0 Å². The van der Waals surface area contributed by atoms with Gasteiger partial charge in [0.2, 0.25) is 0 Å². The molecule has 1 aliphatic rings. The fraction of sp³-hybridized carbons (Fsp3) is 0.550. The van der Waals surface area contributed by atoms with E-state index in [0.29, 0.717) is 19.7 Å². The Hall–Kier alpha value is -1.89. The third-order valence-corrected chi connectivity index (χ3v) is 4.68. The molecule has 142 valence electrons. The number of aromatic nitrogens is 1. The van der Waals surface area contributed by atoms with Gasteiger partial charge in [-0.3, -0.25) is 4.90 Å². The van der Waals surface area contributed by atoms with Crippen molar-refractivity contribution < 1.29 is 14.4 Å². The predicted molar refractivity (Wildman–Crippen MR) is 99.9 cm³/mol. The first kappa shape index (κ1) is 18.9. The molecule has 1 N–H and O–H groups in total. The molecule has 1 unspecified atom stereocenters. The van der Waals surface area contributed by atoms with E-state index in [-0.39, 0.29) is 0 Å². The number of benzene rings is 1. The largest absolute Gasteiger partial charge is 0.491 e. The fourth-order valence-corrected chi connectivity index (χ4v) is 3.40. The van der Waals surface area contributed by atoms with E-state index in [2.05, 4.69) is 21.0 Å². The summed E-state index contributed by atoms with van der Waals surface area (Å²) in [7, 11) is 2.04. The van der Waals surface area contributed by atoms with Crippen LogP contribution in [0.25, 0.3) is 0 Å². The van der Waals surface area contributed by atoms with Gasteiger partial charge in [-0.05, 0) is 39.0 Å². The Morgan fingerprint density at radius 2 is 2.00 bits per heavy atom. The van der Waals surface area contributed by atoms with Crippen LogP contribution in [0.3, 0.4) is 0 Å². The average Bonchev–Trinajstić information content (AvgIpc) is 3.14. The van der Waals surface area contributed by atoms with E-state index < -0.39 is 6.10 Å². The lowest BCUT2D eigenvalue weighted by atomic mass is 10.1. The Morgan fingerprint density at radius 1 is 1.19 bits per heavy atom. The number of piperidine rings is 1. The van der Waals surface area contributed by atoms with Gasteiger partial charge in [0.25, 0.3) is 0 Å². The van der Waals surface area contributed by atoms with Gasteiger partial charge < -0.3 is 19.3 Å². The Labute approximate surface area is 155 Å². The maximum Gasteiger partial charge on any atom is 0.124 e. The topological polar surface area (TPSA) is 62.0 Å². The van der Waals surface area contributed by atoms with Gasteiger partial charge in [-0.2, -0.15) is 0 Å². The third-order valence-electron chi connectivity index (χ3n) is 4.68. The summed E-state index contributed by atoms with van der Waals surface area (Å²) in [6.45, 7) is 4.63. The van der Waals surface area contributed by atoms with E-state index in [1.54, 1.807) is 6.26 Å². The molecule has 0 aliphatic carbocycles. The van der Waals surface area contributed by atoms with Gasteiger partial charge in [-0.25, -0.2) is 0 Å². The van der Waals surface area contributed by atoms with Gasteiger partial charge in [-0.15, -0.1) is 0 Å². The van der Waals surface area contributed by atoms with Crippen LogP contribution < -0.4 is 4.74 Å². The molecule has 2 aromatic rings. The normalized spacial score (nSPS) is 16.7. The molecule has 3 rings (SSSR count). The lowest BCUT2D eigenvalue weighted by Crippen LogP contribution is -2.38. The quantitative estimate of drug-likeness (QED) is 0.742. The van der Waals surface area contributed by atoms with E-state index in [1.807, 2.05) is 31.3 Å². The molecule has 1 aromatic carbocycles. The highest BCUT2D eigenvalue weighted by Gasteiger charge is 2.16. The summed E-state index contributed by atoms with van der Waals surface area (Å²) in [6.07, 6.45) is 4.89. The number of para-hydroxylation sites is 1. The van der Waals surface area contributed by atoms with Crippen LogP contribution >= 0.6 is 0 Å². The number of aliphatic hydroxyl groups excluding tert-OH is 1. The second-order valence-corrected chi connectivity index (χ2v) is 7.10. The molecule has 0 spiro atoms. The Morgan fingerprint density at radius 3 is 2.77 bits per heavy atom. The molecule has 0 bridgehead atoms. The van der Waals surface area contributed by atoms with Gasteiger partial charge in [0, 0.05) is 31.3 Å². The van der Waals surface area contributed by atoms with Crippen molar-refractivity contribution >= 4 is 0 Å². The number of hydrogen-bond acceptors (Lipinski definition) is 6. The Kier molecular flexibility index (Phi) is 7.05. The maximum absolute atomic E-state index is 10.3. The Bertz CT molecular complexity index is 642. The zero-order valence-electron chi connectivity index (χ0n) is 15.5. The van der Waals surface area contributed by atoms with Crippen LogP contribution in [-0.2, 0) is 13.1 Å². The van der Waals surface area contributed by atoms with Crippen LogP contribution in [0.5, 0.6) is 5.75 Å². The van der Waals surface area contributed by atoms with Crippen molar-refractivity contribution in [3.63, 3.8) is 0 Å². The van der Waals surface area contributed by atoms with Crippen molar-refractivity contribution in [3.05, 3.63) is 47.9 Å². The molecule has 1 atom stereocenters. The molecule has 6 nitrogen and oxygen atoms in total. The Balaban J connectivity index is 1.49. The van der Waals surface area contributed by atoms with Gasteiger partial charge >= 0.3 is 0 Å². The number of ether oxygens (including phenoxy) is 1. The third kappa shape index (κ3) is 5.83. The molecule has 6 heteroatoms. The monoisotopic (exact) mass is 359 g/mol. The maximum atomic E-state index is 10.3. The average molecular weight is 359 g/mol. The number of β-amino-alcohol motifs (C(OH)–C–C–N with tert-alkyl or cyclic N) is 1. The summed E-state index contributed by atoms with van der Waals surface area (Å²) in [4.78, 5) is 4.49. The molecule has 1 aromatic heterocycles. The van der Waals surface area contributed by atoms with Gasteiger partial charge in [-0.1, -0.05) is 29.8 Å². The summed E-state index contributed by atoms with van der Waals surface area (Å²) < 4.78 is 10.8. The molecule has 1 aliphatic heterocycles. The van der Waals surface area contributed by atoms with Crippen LogP contribution in [0, 0.1) is 0 Å². The molecule has 26 heavy (non-hydrogen) atoms. The number of nitrogens with zero attached hydrogens (tertiary/aromatic N) is 3. The first-order valence-electron chi connectivity index (χ1n) is 9.39. The summed E-state index contributed by atoms with van der Waals surface area (Å²) >= 11 is 0. The standard InChI is InChI=1S/C20H29N3O3/c1-22(14-18-9-12-26-21-18)13-17-7-3-4-8-20(17)25-16-19(24)15-23-10-5-2-6-11-23/h3-4,7-9,12,19,24H,2,5-6,10-11,13-16H2,1H3. The van der Waals surface area contributed by atoms with Crippen LogP contribution in [0.15, 0.2) is 41.1 Å². The molecule has 0 saturated carbocycles. The minimum atomic E-state index is -0.464. The second-order valence-electron chi connectivity index (χ2n) is 7.10. The SMILES string of the molecule is CN(Cc1ccon1)Cc1ccccc1OCC(O)CN1CCCCC1. The van der Waals surface area contributed by atoms with Crippen LogP contribution in [0.2, 0.25) is 0 Å². The minimum Gasteiger partial charge on any atom is -0.491 e. The molecule has 2 heterocycles. The van der Waals surface area contributed by atoms with Crippen LogP contribution in [0.4, 0.5) is 0 Å². The van der Waals surface area contributed by atoms with E-state index in [9.17, 15) is 5.11 Å². The lowest BCUT2D eigenvalue weighted by molar-refractivity contribution is 0.0612. The second kappa shape index (κ2) is 9.71. The van der Waals surface area contributed by atoms with Crippen molar-refractivity contribution in [2.75, 3.05) is 33.3 Å². The number of aliphatic hydroxyl groups is 1. The highest BCUT2D eigenvalue weighted by atomic mass is 16.5. The number of likely N-dealkylation sites (tertiary alicyclic amines) is 1. The van der Waals surface area contributed by atoms with Crippen molar-refractivity contribution in [2.24, 2.45) is 0 Å². The van der Waals surface area contributed by atoms with E-state index >= 15 is 0 Å². The fourth-order valence-electron chi connectivity index (χ4n) is 3.40. The zero-order valence-corrected chi connectivity index (χ0v) is 15.5. The van der Waals surface area contributed by atoms with Crippen LogP contribution in [0.1, 0.15) is 30.5 Å². The van der Waals surface area contributed by atoms with E-state index in [1.165, 1.54) is 19.3 Å². The van der Waals surface area contributed by atoms with Gasteiger partial charge in [0.15, 0.2) is 0 Å². The highest BCUT2D eigenvalue weighted by Crippen LogP contribution is 2.20. The van der Waals surface area contributed by atoms with Crippen molar-refractivity contribution in [2.45, 2.75) is 38.5 Å². The summed E-state index contributed by atoms with van der Waals surface area (Å²) in [5.41, 5.74) is 2.01. The summed E-state index contributed by atoms with van der Waals surface area (Å²) in [5.74, 6) is 0.831. The van der Waals surface area contributed by atoms with E-state index in [4.69, 9.17) is 9.26 Å². The lowest BCUT2D eigenvalue weighted by Gasteiger charge is -2.28. The number of rotatable bonds is 9. The zero-order chi connectivity index (χ0) is 18.2. The van der Waals surface area contributed by atoms with Gasteiger partial charge in [0.1, 0.15) is 24.7 Å². The van der Waals surface area contributed by atoms with E-state index in [0.717, 1.165) is 36.6 Å². The smallest absolute Gasteiger partial charge is 0.124 e. The molecule has 0 amide bonds. The number of hydrogen-bond donors (Lipinski definition) is 1. The van der Waals surface area contributed by atoms with Crippen molar-refractivity contribution in [3.8, 4) is 5.75 Å². The first-order valence-corrected chi connectivity index (χ1v) is 9.39. The molecule has 1 saturated heterocycles.